The van der Waals surface area contributed by atoms with Crippen LogP contribution in [0.25, 0.3) is 6.08 Å². The van der Waals surface area contributed by atoms with E-state index in [0.717, 1.165) is 11.3 Å². The van der Waals surface area contributed by atoms with E-state index in [4.69, 9.17) is 9.94 Å². The minimum atomic E-state index is -0.662. The molecule has 8 nitrogen and oxygen atoms in total. The first-order chi connectivity index (χ1) is 14.5. The quantitative estimate of drug-likeness (QED) is 0.429. The smallest absolute Gasteiger partial charge is 0.267 e. The van der Waals surface area contributed by atoms with E-state index in [9.17, 15) is 14.4 Å². The first-order valence-corrected chi connectivity index (χ1v) is 9.44. The summed E-state index contributed by atoms with van der Waals surface area (Å²) in [5.41, 5.74) is 3.69. The molecule has 0 aliphatic carbocycles. The van der Waals surface area contributed by atoms with Gasteiger partial charge in [-0.15, -0.1) is 0 Å². The number of nitrogens with zero attached hydrogens (tertiary/aromatic N) is 2. The second-order valence-electron chi connectivity index (χ2n) is 6.75. The summed E-state index contributed by atoms with van der Waals surface area (Å²) < 4.78 is 5.12. The summed E-state index contributed by atoms with van der Waals surface area (Å²) in [5, 5.41) is 8.63. The normalized spacial score (nSPS) is 14.1. The van der Waals surface area contributed by atoms with Gasteiger partial charge in [0.15, 0.2) is 0 Å². The van der Waals surface area contributed by atoms with Gasteiger partial charge in [0.1, 0.15) is 12.3 Å². The number of hydroxylamine groups is 1. The maximum Gasteiger partial charge on any atom is 0.267 e. The van der Waals surface area contributed by atoms with Crippen LogP contribution in [0.3, 0.4) is 0 Å². The van der Waals surface area contributed by atoms with Crippen molar-refractivity contribution in [1.29, 1.82) is 0 Å². The second-order valence-corrected chi connectivity index (χ2v) is 6.75. The number of hydrogen-bond donors (Lipinski definition) is 2. The molecule has 3 rings (SSSR count). The number of methoxy groups -OCH3 is 1. The molecule has 2 aromatic rings. The van der Waals surface area contributed by atoms with Crippen LogP contribution in [0.1, 0.15) is 11.1 Å². The van der Waals surface area contributed by atoms with Crippen molar-refractivity contribution in [2.24, 2.45) is 0 Å². The Hall–Kier alpha value is -3.65. The number of benzene rings is 2. The molecule has 156 valence electrons. The lowest BCUT2D eigenvalue weighted by molar-refractivity contribution is -0.136. The van der Waals surface area contributed by atoms with Gasteiger partial charge in [0.2, 0.25) is 11.8 Å². The Labute approximate surface area is 174 Å². The van der Waals surface area contributed by atoms with E-state index in [0.29, 0.717) is 24.3 Å². The third kappa shape index (κ3) is 5.03. The molecule has 0 saturated carbocycles. The molecule has 1 heterocycles. The second kappa shape index (κ2) is 9.71. The van der Waals surface area contributed by atoms with E-state index >= 15 is 0 Å². The number of para-hydroxylation sites is 1. The molecule has 8 heteroatoms. The molecule has 0 bridgehead atoms. The Kier molecular flexibility index (Phi) is 6.82. The van der Waals surface area contributed by atoms with Crippen LogP contribution in [-0.4, -0.2) is 54.6 Å². The highest BCUT2D eigenvalue weighted by Crippen LogP contribution is 2.24. The molecule has 0 spiro atoms. The van der Waals surface area contributed by atoms with Gasteiger partial charge in [0, 0.05) is 19.2 Å². The average Bonchev–Trinajstić information content (AvgIpc) is 2.78. The topological polar surface area (TPSA) is 99.2 Å². The Morgan fingerprint density at radius 3 is 2.53 bits per heavy atom. The van der Waals surface area contributed by atoms with Crippen molar-refractivity contribution in [3.63, 3.8) is 0 Å². The number of hydrogen-bond acceptors (Lipinski definition) is 5. The third-order valence-electron chi connectivity index (χ3n) is 4.84. The maximum atomic E-state index is 12.8. The predicted octanol–water partition coefficient (Wildman–Crippen LogP) is 1.63. The molecule has 2 aromatic carbocycles. The minimum absolute atomic E-state index is 0.00976. The average molecular weight is 409 g/mol. The van der Waals surface area contributed by atoms with Crippen LogP contribution in [0.5, 0.6) is 5.75 Å². The monoisotopic (exact) mass is 409 g/mol. The van der Waals surface area contributed by atoms with Gasteiger partial charge in [-0.1, -0.05) is 30.3 Å². The fourth-order valence-electron chi connectivity index (χ4n) is 3.25. The number of piperazine rings is 1. The van der Waals surface area contributed by atoms with Crippen molar-refractivity contribution in [1.82, 2.24) is 10.4 Å². The number of nitrogens with one attached hydrogen (secondary N) is 1. The zero-order chi connectivity index (χ0) is 21.5. The van der Waals surface area contributed by atoms with Gasteiger partial charge in [0.25, 0.3) is 5.91 Å². The summed E-state index contributed by atoms with van der Waals surface area (Å²) in [6.45, 7) is 0.754. The molecule has 0 radical (unpaired) electrons. The molecule has 2 N–H and O–H groups in total. The number of carbonyl (C=O) groups is 3. The minimum Gasteiger partial charge on any atom is -0.497 e. The van der Waals surface area contributed by atoms with Crippen LogP contribution >= 0.6 is 0 Å². The fourth-order valence-corrected chi connectivity index (χ4v) is 3.25. The summed E-state index contributed by atoms with van der Waals surface area (Å²) in [4.78, 5) is 39.8. The largest absolute Gasteiger partial charge is 0.497 e. The lowest BCUT2D eigenvalue weighted by Gasteiger charge is -2.35. The highest BCUT2D eigenvalue weighted by Gasteiger charge is 2.28. The highest BCUT2D eigenvalue weighted by atomic mass is 16.5. The number of carbonyl (C=O) groups excluding carboxylic acids is 3. The molecule has 1 aliphatic heterocycles. The van der Waals surface area contributed by atoms with Crippen LogP contribution in [0.15, 0.2) is 54.6 Å². The van der Waals surface area contributed by atoms with Crippen LogP contribution < -0.4 is 15.1 Å². The van der Waals surface area contributed by atoms with Gasteiger partial charge in [-0.25, -0.2) is 5.48 Å². The summed E-state index contributed by atoms with van der Waals surface area (Å²) in [6, 6.07) is 14.4. The zero-order valence-corrected chi connectivity index (χ0v) is 16.6. The molecule has 1 aliphatic rings. The standard InChI is InChI=1S/C22H23N3O5/c1-30-18-9-6-16(7-10-18)14-21(27)24-12-13-25(22(28)15-24)19-5-3-2-4-17(19)8-11-20(26)23-29/h2-11,29H,12-15H2,1H3,(H,23,26)/b11-8+. The van der Waals surface area contributed by atoms with Crippen molar-refractivity contribution >= 4 is 29.5 Å². The van der Waals surface area contributed by atoms with Crippen molar-refractivity contribution in [2.75, 3.05) is 31.6 Å². The van der Waals surface area contributed by atoms with Crippen molar-refractivity contribution in [3.05, 3.63) is 65.7 Å². The summed E-state index contributed by atoms with van der Waals surface area (Å²) >= 11 is 0. The SMILES string of the molecule is COc1ccc(CC(=O)N2CCN(c3ccccc3/C=C/C(=O)NO)C(=O)C2)cc1. The lowest BCUT2D eigenvalue weighted by atomic mass is 10.1. The molecule has 0 aromatic heterocycles. The van der Waals surface area contributed by atoms with Crippen molar-refractivity contribution in [3.8, 4) is 5.75 Å². The molecule has 0 atom stereocenters. The van der Waals surface area contributed by atoms with E-state index in [1.807, 2.05) is 12.1 Å². The van der Waals surface area contributed by atoms with Crippen LogP contribution in [-0.2, 0) is 20.8 Å². The van der Waals surface area contributed by atoms with Crippen LogP contribution in [0.2, 0.25) is 0 Å². The van der Waals surface area contributed by atoms with Gasteiger partial charge in [-0.2, -0.15) is 0 Å². The number of ether oxygens (including phenoxy) is 1. The van der Waals surface area contributed by atoms with Gasteiger partial charge >= 0.3 is 0 Å². The van der Waals surface area contributed by atoms with E-state index in [1.165, 1.54) is 17.6 Å². The summed E-state index contributed by atoms with van der Waals surface area (Å²) in [5.74, 6) is -0.248. The van der Waals surface area contributed by atoms with Gasteiger partial charge < -0.3 is 14.5 Å². The van der Waals surface area contributed by atoms with E-state index < -0.39 is 5.91 Å². The third-order valence-corrected chi connectivity index (χ3v) is 4.84. The number of anilines is 1. The highest BCUT2D eigenvalue weighted by molar-refractivity contribution is 6.00. The molecule has 0 unspecified atom stereocenters. The van der Waals surface area contributed by atoms with E-state index in [2.05, 4.69) is 0 Å². The summed E-state index contributed by atoms with van der Waals surface area (Å²) in [7, 11) is 1.58. The Bertz CT molecular complexity index is 956. The Morgan fingerprint density at radius 2 is 1.87 bits per heavy atom. The van der Waals surface area contributed by atoms with Crippen LogP contribution in [0, 0.1) is 0 Å². The first kappa shape index (κ1) is 21.1. The zero-order valence-electron chi connectivity index (χ0n) is 16.6. The van der Waals surface area contributed by atoms with Crippen molar-refractivity contribution < 1.29 is 24.3 Å². The van der Waals surface area contributed by atoms with Gasteiger partial charge in [0.05, 0.1) is 19.2 Å². The molecular weight excluding hydrogens is 386 g/mol. The van der Waals surface area contributed by atoms with Crippen molar-refractivity contribution in [2.45, 2.75) is 6.42 Å². The lowest BCUT2D eigenvalue weighted by Crippen LogP contribution is -2.53. The molecular formula is C22H23N3O5. The molecule has 1 saturated heterocycles. The van der Waals surface area contributed by atoms with E-state index in [-0.39, 0.29) is 24.8 Å². The van der Waals surface area contributed by atoms with Crippen LogP contribution in [0.4, 0.5) is 5.69 Å². The summed E-state index contributed by atoms with van der Waals surface area (Å²) in [6.07, 6.45) is 2.92. The maximum absolute atomic E-state index is 12.8. The van der Waals surface area contributed by atoms with E-state index in [1.54, 1.807) is 53.3 Å². The number of rotatable bonds is 6. The Balaban J connectivity index is 1.66. The van der Waals surface area contributed by atoms with Gasteiger partial charge in [-0.3, -0.25) is 19.6 Å². The molecule has 30 heavy (non-hydrogen) atoms. The fraction of sp³-hybridized carbons (Fsp3) is 0.227. The molecule has 1 fully saturated rings. The first-order valence-electron chi connectivity index (χ1n) is 9.44. The Morgan fingerprint density at radius 1 is 1.13 bits per heavy atom. The predicted molar refractivity (Wildman–Crippen MR) is 111 cm³/mol. The molecule has 3 amide bonds. The van der Waals surface area contributed by atoms with Gasteiger partial charge in [-0.05, 0) is 35.4 Å². The number of amides is 3.